The maximum atomic E-state index is 11.1. The van der Waals surface area contributed by atoms with Crippen LogP contribution in [0.4, 0.5) is 0 Å². The molecule has 0 spiro atoms. The van der Waals surface area contributed by atoms with Gasteiger partial charge in [0.1, 0.15) is 0 Å². The number of pyridine rings is 1. The van der Waals surface area contributed by atoms with Crippen molar-refractivity contribution in [3.63, 3.8) is 0 Å². The van der Waals surface area contributed by atoms with Crippen LogP contribution in [0.3, 0.4) is 0 Å². The number of primary amides is 1. The van der Waals surface area contributed by atoms with Gasteiger partial charge in [-0.1, -0.05) is 18.2 Å². The Morgan fingerprint density at radius 3 is 2.59 bits per heavy atom. The Hall–Kier alpha value is -2.95. The number of hydrogen-bond acceptors (Lipinski definition) is 3. The van der Waals surface area contributed by atoms with Crippen molar-refractivity contribution in [1.82, 2.24) is 14.8 Å². The Bertz CT molecular complexity index is 809. The molecule has 0 saturated heterocycles. The van der Waals surface area contributed by atoms with Gasteiger partial charge < -0.3 is 5.73 Å². The molecular weight excluding hydrogens is 276 g/mol. The minimum absolute atomic E-state index is 0.422. The fourth-order valence-corrected chi connectivity index (χ4v) is 2.35. The van der Waals surface area contributed by atoms with E-state index in [1.807, 2.05) is 12.1 Å². The molecule has 3 rings (SSSR count). The molecule has 3 aromatic rings. The minimum atomic E-state index is -0.462. The lowest BCUT2D eigenvalue weighted by molar-refractivity contribution is 0.1000. The molecule has 2 N–H and O–H groups in total. The summed E-state index contributed by atoms with van der Waals surface area (Å²) in [5.74, 6) is -0.462. The molecule has 0 unspecified atom stereocenters. The van der Waals surface area contributed by atoms with Crippen LogP contribution in [0.2, 0.25) is 0 Å². The van der Waals surface area contributed by atoms with E-state index in [-0.39, 0.29) is 0 Å². The molecule has 110 valence electrons. The predicted octanol–water partition coefficient (Wildman–Crippen LogP) is 2.40. The Kier molecular flexibility index (Phi) is 3.70. The molecule has 0 fully saturated rings. The van der Waals surface area contributed by atoms with E-state index in [0.29, 0.717) is 12.1 Å². The van der Waals surface area contributed by atoms with Crippen LogP contribution in [0.15, 0.2) is 55.1 Å². The summed E-state index contributed by atoms with van der Waals surface area (Å²) in [6.07, 6.45) is 6.73. The van der Waals surface area contributed by atoms with Crippen LogP contribution in [-0.4, -0.2) is 20.7 Å². The summed E-state index contributed by atoms with van der Waals surface area (Å²) < 4.78 is 1.72. The summed E-state index contributed by atoms with van der Waals surface area (Å²) >= 11 is 0. The van der Waals surface area contributed by atoms with E-state index >= 15 is 0 Å². The first-order valence-corrected chi connectivity index (χ1v) is 6.95. The Morgan fingerprint density at radius 1 is 1.18 bits per heavy atom. The van der Waals surface area contributed by atoms with Crippen LogP contribution in [0.5, 0.6) is 0 Å². The van der Waals surface area contributed by atoms with Crippen LogP contribution in [0.1, 0.15) is 21.5 Å². The first kappa shape index (κ1) is 14.0. The molecule has 1 amide bonds. The molecule has 0 saturated carbocycles. The van der Waals surface area contributed by atoms with Crippen LogP contribution in [0, 0.1) is 6.92 Å². The molecule has 0 bridgehead atoms. The van der Waals surface area contributed by atoms with Crippen molar-refractivity contribution in [1.29, 1.82) is 0 Å². The number of nitrogens with two attached hydrogens (primary N) is 1. The van der Waals surface area contributed by atoms with E-state index in [9.17, 15) is 4.79 Å². The number of nitrogens with zero attached hydrogens (tertiary/aromatic N) is 3. The highest BCUT2D eigenvalue weighted by atomic mass is 16.1. The lowest BCUT2D eigenvalue weighted by Gasteiger charge is -2.09. The average Bonchev–Trinajstić information content (AvgIpc) is 2.99. The van der Waals surface area contributed by atoms with Crippen molar-refractivity contribution in [2.24, 2.45) is 5.73 Å². The van der Waals surface area contributed by atoms with Gasteiger partial charge in [-0.05, 0) is 41.3 Å². The predicted molar refractivity (Wildman–Crippen MR) is 84.3 cm³/mol. The highest BCUT2D eigenvalue weighted by molar-refractivity contribution is 5.92. The topological polar surface area (TPSA) is 73.8 Å². The molecular formula is C17H16N4O. The molecule has 2 aromatic heterocycles. The third-order valence-electron chi connectivity index (χ3n) is 3.61. The zero-order chi connectivity index (χ0) is 15.5. The largest absolute Gasteiger partial charge is 0.366 e. The van der Waals surface area contributed by atoms with Gasteiger partial charge in [-0.3, -0.25) is 14.5 Å². The maximum Gasteiger partial charge on any atom is 0.251 e. The van der Waals surface area contributed by atoms with Crippen molar-refractivity contribution < 1.29 is 4.79 Å². The van der Waals surface area contributed by atoms with Gasteiger partial charge in [-0.25, -0.2) is 0 Å². The molecule has 1 aromatic carbocycles. The third kappa shape index (κ3) is 2.88. The molecule has 0 aliphatic heterocycles. The van der Waals surface area contributed by atoms with E-state index in [2.05, 4.69) is 35.2 Å². The van der Waals surface area contributed by atoms with Gasteiger partial charge in [-0.15, -0.1) is 0 Å². The Balaban J connectivity index is 1.84. The number of rotatable bonds is 4. The zero-order valence-electron chi connectivity index (χ0n) is 12.2. The van der Waals surface area contributed by atoms with Crippen molar-refractivity contribution >= 4 is 5.91 Å². The van der Waals surface area contributed by atoms with Crippen LogP contribution < -0.4 is 5.73 Å². The molecule has 0 aliphatic carbocycles. The molecule has 0 aliphatic rings. The summed E-state index contributed by atoms with van der Waals surface area (Å²) in [5.41, 5.74) is 10.3. The average molecular weight is 292 g/mol. The van der Waals surface area contributed by atoms with Crippen molar-refractivity contribution in [2.45, 2.75) is 13.5 Å². The number of carbonyl (C=O) groups excluding carboxylic acids is 1. The fraction of sp³-hybridized carbons (Fsp3) is 0.118. The van der Waals surface area contributed by atoms with Gasteiger partial charge in [0.25, 0.3) is 5.91 Å². The van der Waals surface area contributed by atoms with E-state index in [1.165, 1.54) is 11.8 Å². The summed E-state index contributed by atoms with van der Waals surface area (Å²) in [6.45, 7) is 2.67. The van der Waals surface area contributed by atoms with Gasteiger partial charge in [0, 0.05) is 18.6 Å². The molecule has 5 heteroatoms. The second-order valence-corrected chi connectivity index (χ2v) is 5.17. The number of benzene rings is 1. The highest BCUT2D eigenvalue weighted by Crippen LogP contribution is 2.22. The molecule has 22 heavy (non-hydrogen) atoms. The van der Waals surface area contributed by atoms with Crippen LogP contribution in [0.25, 0.3) is 11.1 Å². The Labute approximate surface area is 128 Å². The van der Waals surface area contributed by atoms with E-state index in [4.69, 9.17) is 5.73 Å². The fourth-order valence-electron chi connectivity index (χ4n) is 2.35. The molecule has 0 atom stereocenters. The monoisotopic (exact) mass is 292 g/mol. The minimum Gasteiger partial charge on any atom is -0.366 e. The Morgan fingerprint density at radius 2 is 1.95 bits per heavy atom. The van der Waals surface area contributed by atoms with Crippen molar-refractivity contribution in [3.8, 4) is 11.1 Å². The van der Waals surface area contributed by atoms with Gasteiger partial charge in [0.05, 0.1) is 18.3 Å². The molecule has 5 nitrogen and oxygen atoms in total. The van der Waals surface area contributed by atoms with Gasteiger partial charge >= 0.3 is 0 Å². The summed E-state index contributed by atoms with van der Waals surface area (Å²) in [7, 11) is 0. The SMILES string of the molecule is Cc1cc(-c2ccncc2)ccc1Cn1cc(C(N)=O)cn1. The summed E-state index contributed by atoms with van der Waals surface area (Å²) in [4.78, 5) is 15.1. The first-order valence-electron chi connectivity index (χ1n) is 6.95. The lowest BCUT2D eigenvalue weighted by atomic mass is 10.0. The summed E-state index contributed by atoms with van der Waals surface area (Å²) in [5, 5.41) is 4.16. The number of aryl methyl sites for hydroxylation is 1. The highest BCUT2D eigenvalue weighted by Gasteiger charge is 2.07. The van der Waals surface area contributed by atoms with E-state index < -0.39 is 5.91 Å². The quantitative estimate of drug-likeness (QED) is 0.802. The number of hydrogen-bond donors (Lipinski definition) is 1. The number of carbonyl (C=O) groups is 1. The number of aromatic nitrogens is 3. The van der Waals surface area contributed by atoms with Crippen LogP contribution >= 0.6 is 0 Å². The standard InChI is InChI=1S/C17H16N4O/c1-12-8-14(13-4-6-19-7-5-13)2-3-15(12)10-21-11-16(9-20-21)17(18)22/h2-9,11H,10H2,1H3,(H2,18,22). The third-order valence-corrected chi connectivity index (χ3v) is 3.61. The van der Waals surface area contributed by atoms with Gasteiger partial charge in [-0.2, -0.15) is 5.10 Å². The lowest BCUT2D eigenvalue weighted by Crippen LogP contribution is -2.09. The van der Waals surface area contributed by atoms with E-state index in [0.717, 1.165) is 16.7 Å². The normalized spacial score (nSPS) is 10.6. The van der Waals surface area contributed by atoms with Crippen LogP contribution in [-0.2, 0) is 6.54 Å². The zero-order valence-corrected chi connectivity index (χ0v) is 12.2. The van der Waals surface area contributed by atoms with Gasteiger partial charge in [0.2, 0.25) is 0 Å². The first-order chi connectivity index (χ1) is 10.6. The molecule has 0 radical (unpaired) electrons. The van der Waals surface area contributed by atoms with Crippen molar-refractivity contribution in [3.05, 3.63) is 71.8 Å². The second-order valence-electron chi connectivity index (χ2n) is 5.17. The summed E-state index contributed by atoms with van der Waals surface area (Å²) in [6, 6.07) is 10.3. The number of amides is 1. The van der Waals surface area contributed by atoms with Gasteiger partial charge in [0.15, 0.2) is 0 Å². The maximum absolute atomic E-state index is 11.1. The van der Waals surface area contributed by atoms with E-state index in [1.54, 1.807) is 23.3 Å². The second kappa shape index (κ2) is 5.81. The molecule has 2 heterocycles. The smallest absolute Gasteiger partial charge is 0.251 e. The van der Waals surface area contributed by atoms with Crippen molar-refractivity contribution in [2.75, 3.05) is 0 Å².